The summed E-state index contributed by atoms with van der Waals surface area (Å²) in [5, 5.41) is 11.7. The third-order valence-corrected chi connectivity index (χ3v) is 5.21. The van der Waals surface area contributed by atoms with Crippen molar-refractivity contribution < 1.29 is 9.84 Å². The van der Waals surface area contributed by atoms with Gasteiger partial charge in [0.15, 0.2) is 0 Å². The number of ether oxygens (including phenoxy) is 1. The highest BCUT2D eigenvalue weighted by atomic mass is 16.5. The van der Waals surface area contributed by atoms with Gasteiger partial charge in [-0.1, -0.05) is 78.9 Å². The van der Waals surface area contributed by atoms with Crippen LogP contribution in [0.3, 0.4) is 0 Å². The van der Waals surface area contributed by atoms with Gasteiger partial charge in [-0.05, 0) is 24.2 Å². The fourth-order valence-corrected chi connectivity index (χ4v) is 3.97. The Morgan fingerprint density at radius 1 is 0.926 bits per heavy atom. The first-order valence-corrected chi connectivity index (χ1v) is 9.42. The number of likely N-dealkylation sites (N-methyl/N-ethyl adjacent to an activating group) is 1. The summed E-state index contributed by atoms with van der Waals surface area (Å²) in [6.45, 7) is 1.60. The minimum atomic E-state index is -1.03. The average Bonchev–Trinajstić information content (AvgIpc) is 2.69. The zero-order chi connectivity index (χ0) is 18.7. The van der Waals surface area contributed by atoms with Crippen LogP contribution in [0.2, 0.25) is 0 Å². The molecule has 0 amide bonds. The molecule has 27 heavy (non-hydrogen) atoms. The first-order chi connectivity index (χ1) is 13.1. The van der Waals surface area contributed by atoms with Gasteiger partial charge in [-0.15, -0.1) is 0 Å². The highest BCUT2D eigenvalue weighted by Gasteiger charge is 2.41. The van der Waals surface area contributed by atoms with Gasteiger partial charge in [0, 0.05) is 25.1 Å². The predicted octanol–water partition coefficient (Wildman–Crippen LogP) is 4.21. The SMILES string of the molecule is CN(Cc1ccccc1)CC1CC(O)(c2ccccc2)c2ccccc2O1. The van der Waals surface area contributed by atoms with Gasteiger partial charge in [0.05, 0.1) is 0 Å². The van der Waals surface area contributed by atoms with Gasteiger partial charge in [-0.2, -0.15) is 0 Å². The maximum Gasteiger partial charge on any atom is 0.126 e. The van der Waals surface area contributed by atoms with E-state index in [9.17, 15) is 5.11 Å². The molecule has 2 atom stereocenters. The second kappa shape index (κ2) is 7.55. The van der Waals surface area contributed by atoms with E-state index in [1.54, 1.807) is 0 Å². The van der Waals surface area contributed by atoms with E-state index >= 15 is 0 Å². The maximum atomic E-state index is 11.7. The highest BCUT2D eigenvalue weighted by molar-refractivity contribution is 5.46. The summed E-state index contributed by atoms with van der Waals surface area (Å²) >= 11 is 0. The molecule has 0 saturated carbocycles. The number of hydrogen-bond donors (Lipinski definition) is 1. The van der Waals surface area contributed by atoms with Crippen LogP contribution in [-0.4, -0.2) is 29.7 Å². The lowest BCUT2D eigenvalue weighted by Crippen LogP contribution is -2.44. The van der Waals surface area contributed by atoms with Crippen molar-refractivity contribution in [3.63, 3.8) is 0 Å². The molecule has 1 N–H and O–H groups in total. The summed E-state index contributed by atoms with van der Waals surface area (Å²) in [7, 11) is 2.10. The minimum absolute atomic E-state index is 0.0844. The first kappa shape index (κ1) is 17.8. The fourth-order valence-electron chi connectivity index (χ4n) is 3.97. The Labute approximate surface area is 160 Å². The smallest absolute Gasteiger partial charge is 0.126 e. The number of rotatable bonds is 5. The molecule has 1 heterocycles. The van der Waals surface area contributed by atoms with Crippen molar-refractivity contribution >= 4 is 0 Å². The van der Waals surface area contributed by atoms with Gasteiger partial charge >= 0.3 is 0 Å². The van der Waals surface area contributed by atoms with Crippen molar-refractivity contribution in [2.75, 3.05) is 13.6 Å². The van der Waals surface area contributed by atoms with Crippen molar-refractivity contribution in [3.05, 3.63) is 102 Å². The Kier molecular flexibility index (Phi) is 4.97. The Morgan fingerprint density at radius 2 is 1.56 bits per heavy atom. The molecule has 4 rings (SSSR count). The maximum absolute atomic E-state index is 11.7. The molecular formula is C24H25NO2. The summed E-state index contributed by atoms with van der Waals surface area (Å²) in [5.41, 5.74) is 2.00. The molecule has 1 aliphatic rings. The van der Waals surface area contributed by atoms with E-state index in [2.05, 4.69) is 36.2 Å². The number of aliphatic hydroxyl groups is 1. The topological polar surface area (TPSA) is 32.7 Å². The molecule has 0 radical (unpaired) electrons. The van der Waals surface area contributed by atoms with E-state index in [0.717, 1.165) is 30.0 Å². The van der Waals surface area contributed by atoms with Crippen LogP contribution >= 0.6 is 0 Å². The third-order valence-electron chi connectivity index (χ3n) is 5.21. The fraction of sp³-hybridized carbons (Fsp3) is 0.250. The molecule has 0 aromatic heterocycles. The lowest BCUT2D eigenvalue weighted by atomic mass is 9.79. The molecule has 3 aromatic carbocycles. The summed E-state index contributed by atoms with van der Waals surface area (Å²) in [6.07, 6.45) is 0.450. The van der Waals surface area contributed by atoms with Crippen LogP contribution in [-0.2, 0) is 12.1 Å². The normalized spacial score (nSPS) is 21.5. The monoisotopic (exact) mass is 359 g/mol. The van der Waals surface area contributed by atoms with Crippen LogP contribution < -0.4 is 4.74 Å². The standard InChI is InChI=1S/C24H25NO2/c1-25(17-19-10-4-2-5-11-19)18-21-16-24(26,20-12-6-3-7-13-20)22-14-8-9-15-23(22)27-21/h2-15,21,26H,16-18H2,1H3. The Hall–Kier alpha value is -2.62. The molecule has 0 spiro atoms. The van der Waals surface area contributed by atoms with Crippen molar-refractivity contribution in [1.82, 2.24) is 4.90 Å². The number of hydrogen-bond acceptors (Lipinski definition) is 3. The molecule has 0 bridgehead atoms. The van der Waals surface area contributed by atoms with E-state index in [0.29, 0.717) is 6.42 Å². The Morgan fingerprint density at radius 3 is 2.30 bits per heavy atom. The Balaban J connectivity index is 1.58. The summed E-state index contributed by atoms with van der Waals surface area (Å²) < 4.78 is 6.26. The molecule has 1 aliphatic heterocycles. The number of nitrogens with zero attached hydrogens (tertiary/aromatic N) is 1. The predicted molar refractivity (Wildman–Crippen MR) is 108 cm³/mol. The lowest BCUT2D eigenvalue weighted by Gasteiger charge is -2.40. The van der Waals surface area contributed by atoms with Crippen molar-refractivity contribution in [2.45, 2.75) is 24.7 Å². The van der Waals surface area contributed by atoms with Crippen molar-refractivity contribution in [2.24, 2.45) is 0 Å². The van der Waals surface area contributed by atoms with Gasteiger partial charge in [-0.3, -0.25) is 4.90 Å². The molecule has 3 heteroatoms. The largest absolute Gasteiger partial charge is 0.489 e. The van der Waals surface area contributed by atoms with Crippen LogP contribution in [0.5, 0.6) is 5.75 Å². The molecule has 138 valence electrons. The quantitative estimate of drug-likeness (QED) is 0.741. The molecule has 3 nitrogen and oxygen atoms in total. The van der Waals surface area contributed by atoms with Crippen molar-refractivity contribution in [3.8, 4) is 5.75 Å². The number of fused-ring (bicyclic) bond motifs is 1. The first-order valence-electron chi connectivity index (χ1n) is 9.42. The molecule has 0 aliphatic carbocycles. The molecular weight excluding hydrogens is 334 g/mol. The second-order valence-corrected chi connectivity index (χ2v) is 7.35. The van der Waals surface area contributed by atoms with Crippen molar-refractivity contribution in [1.29, 1.82) is 0 Å². The Bertz CT molecular complexity index is 881. The minimum Gasteiger partial charge on any atom is -0.489 e. The van der Waals surface area contributed by atoms with E-state index < -0.39 is 5.60 Å². The average molecular weight is 359 g/mol. The van der Waals surface area contributed by atoms with E-state index in [4.69, 9.17) is 4.74 Å². The number of benzene rings is 3. The highest BCUT2D eigenvalue weighted by Crippen LogP contribution is 2.43. The van der Waals surface area contributed by atoms with Gasteiger partial charge in [0.2, 0.25) is 0 Å². The second-order valence-electron chi connectivity index (χ2n) is 7.35. The summed E-state index contributed by atoms with van der Waals surface area (Å²) in [6, 6.07) is 28.2. The zero-order valence-corrected chi connectivity index (χ0v) is 15.6. The van der Waals surface area contributed by atoms with Gasteiger partial charge in [0.25, 0.3) is 0 Å². The van der Waals surface area contributed by atoms with Gasteiger partial charge < -0.3 is 9.84 Å². The van der Waals surface area contributed by atoms with Gasteiger partial charge in [-0.25, -0.2) is 0 Å². The molecule has 3 aromatic rings. The molecule has 2 unspecified atom stereocenters. The van der Waals surface area contributed by atoms with E-state index in [-0.39, 0.29) is 6.10 Å². The molecule has 0 saturated heterocycles. The third kappa shape index (κ3) is 3.75. The van der Waals surface area contributed by atoms with Gasteiger partial charge in [0.1, 0.15) is 17.5 Å². The van der Waals surface area contributed by atoms with Crippen LogP contribution in [0.25, 0.3) is 0 Å². The van der Waals surface area contributed by atoms with E-state index in [1.165, 1.54) is 5.56 Å². The molecule has 0 fully saturated rings. The van der Waals surface area contributed by atoms with Crippen LogP contribution in [0.15, 0.2) is 84.9 Å². The van der Waals surface area contributed by atoms with Crippen LogP contribution in [0.1, 0.15) is 23.1 Å². The number of para-hydroxylation sites is 1. The lowest BCUT2D eigenvalue weighted by molar-refractivity contribution is -0.00817. The summed E-state index contributed by atoms with van der Waals surface area (Å²) in [5.74, 6) is 0.771. The van der Waals surface area contributed by atoms with Crippen LogP contribution in [0.4, 0.5) is 0 Å². The summed E-state index contributed by atoms with van der Waals surface area (Å²) in [4.78, 5) is 2.25. The van der Waals surface area contributed by atoms with Crippen LogP contribution in [0, 0.1) is 0 Å². The van der Waals surface area contributed by atoms with E-state index in [1.807, 2.05) is 60.7 Å². The zero-order valence-electron chi connectivity index (χ0n) is 15.6.